The van der Waals surface area contributed by atoms with Crippen LogP contribution in [0.25, 0.3) is 0 Å². The van der Waals surface area contributed by atoms with Crippen molar-refractivity contribution in [2.75, 3.05) is 18.4 Å². The summed E-state index contributed by atoms with van der Waals surface area (Å²) in [5.74, 6) is 0.536. The third-order valence-corrected chi connectivity index (χ3v) is 3.08. The standard InChI is InChI=1S/C9H14N4OS/c14-8(12-9-6-11-13-15-9)4-7-2-1-3-10-5-7/h6-7,10H,1-5H2,(H,12,14). The van der Waals surface area contributed by atoms with Crippen LogP contribution in [0.3, 0.4) is 0 Å². The summed E-state index contributed by atoms with van der Waals surface area (Å²) in [6, 6.07) is 0. The maximum Gasteiger partial charge on any atom is 0.225 e. The van der Waals surface area contributed by atoms with Gasteiger partial charge in [-0.3, -0.25) is 4.79 Å². The molecular weight excluding hydrogens is 212 g/mol. The summed E-state index contributed by atoms with van der Waals surface area (Å²) in [7, 11) is 0. The van der Waals surface area contributed by atoms with E-state index in [1.54, 1.807) is 6.20 Å². The van der Waals surface area contributed by atoms with Gasteiger partial charge in [0.25, 0.3) is 0 Å². The Hall–Kier alpha value is -1.01. The van der Waals surface area contributed by atoms with Crippen LogP contribution in [0.15, 0.2) is 6.20 Å². The van der Waals surface area contributed by atoms with E-state index in [1.807, 2.05) is 0 Å². The molecule has 82 valence electrons. The number of nitrogens with zero attached hydrogens (tertiary/aromatic N) is 2. The number of hydrogen-bond acceptors (Lipinski definition) is 5. The van der Waals surface area contributed by atoms with E-state index in [0.29, 0.717) is 12.3 Å². The Balaban J connectivity index is 1.76. The van der Waals surface area contributed by atoms with Crippen molar-refractivity contribution in [2.24, 2.45) is 5.92 Å². The van der Waals surface area contributed by atoms with Gasteiger partial charge in [-0.2, -0.15) is 0 Å². The summed E-state index contributed by atoms with van der Waals surface area (Å²) in [4.78, 5) is 11.6. The molecule has 2 N–H and O–H groups in total. The Morgan fingerprint density at radius 2 is 2.67 bits per heavy atom. The molecule has 0 saturated carbocycles. The lowest BCUT2D eigenvalue weighted by atomic mass is 9.96. The molecule has 1 unspecified atom stereocenters. The molecule has 1 saturated heterocycles. The van der Waals surface area contributed by atoms with Gasteiger partial charge < -0.3 is 10.6 Å². The van der Waals surface area contributed by atoms with E-state index in [9.17, 15) is 4.79 Å². The predicted molar refractivity (Wildman–Crippen MR) is 58.7 cm³/mol. The lowest BCUT2D eigenvalue weighted by Gasteiger charge is -2.21. The number of hydrogen-bond donors (Lipinski definition) is 2. The third kappa shape index (κ3) is 3.24. The minimum atomic E-state index is 0.0646. The summed E-state index contributed by atoms with van der Waals surface area (Å²) >= 11 is 1.20. The lowest BCUT2D eigenvalue weighted by Crippen LogP contribution is -2.32. The van der Waals surface area contributed by atoms with Crippen molar-refractivity contribution in [2.45, 2.75) is 19.3 Å². The van der Waals surface area contributed by atoms with Crippen molar-refractivity contribution >= 4 is 22.4 Å². The average Bonchev–Trinajstić information content (AvgIpc) is 2.71. The van der Waals surface area contributed by atoms with Crippen LogP contribution >= 0.6 is 11.5 Å². The first-order valence-corrected chi connectivity index (χ1v) is 5.90. The van der Waals surface area contributed by atoms with Gasteiger partial charge >= 0.3 is 0 Å². The molecule has 0 spiro atoms. The summed E-state index contributed by atoms with van der Waals surface area (Å²) < 4.78 is 3.69. The van der Waals surface area contributed by atoms with Crippen molar-refractivity contribution in [3.05, 3.63) is 6.20 Å². The van der Waals surface area contributed by atoms with E-state index in [4.69, 9.17) is 0 Å². The Labute approximate surface area is 92.4 Å². The summed E-state index contributed by atoms with van der Waals surface area (Å²) in [6.07, 6.45) is 4.47. The normalized spacial score (nSPS) is 21.2. The molecule has 6 heteroatoms. The number of carbonyl (C=O) groups excluding carboxylic acids is 1. The number of anilines is 1. The van der Waals surface area contributed by atoms with Crippen LogP contribution in [0, 0.1) is 5.92 Å². The van der Waals surface area contributed by atoms with Crippen molar-refractivity contribution in [1.82, 2.24) is 14.9 Å². The minimum absolute atomic E-state index is 0.0646. The molecular formula is C9H14N4OS. The van der Waals surface area contributed by atoms with Crippen molar-refractivity contribution in [3.63, 3.8) is 0 Å². The second kappa shape index (κ2) is 5.18. The maximum absolute atomic E-state index is 11.6. The monoisotopic (exact) mass is 226 g/mol. The van der Waals surface area contributed by atoms with Crippen LogP contribution in [0.4, 0.5) is 5.00 Å². The van der Waals surface area contributed by atoms with Crippen LogP contribution in [0.1, 0.15) is 19.3 Å². The molecule has 1 atom stereocenters. The van der Waals surface area contributed by atoms with Crippen molar-refractivity contribution < 1.29 is 4.79 Å². The lowest BCUT2D eigenvalue weighted by molar-refractivity contribution is -0.117. The van der Waals surface area contributed by atoms with Gasteiger partial charge in [0.15, 0.2) is 0 Å². The highest BCUT2D eigenvalue weighted by molar-refractivity contribution is 7.10. The molecule has 1 aromatic heterocycles. The first-order chi connectivity index (χ1) is 7.34. The van der Waals surface area contributed by atoms with Crippen LogP contribution < -0.4 is 10.6 Å². The molecule has 0 bridgehead atoms. The van der Waals surface area contributed by atoms with E-state index in [1.165, 1.54) is 18.0 Å². The molecule has 1 aliphatic rings. The highest BCUT2D eigenvalue weighted by atomic mass is 32.1. The summed E-state index contributed by atoms with van der Waals surface area (Å²) in [5, 5.41) is 10.5. The zero-order chi connectivity index (χ0) is 10.5. The molecule has 0 radical (unpaired) electrons. The molecule has 1 amide bonds. The smallest absolute Gasteiger partial charge is 0.225 e. The largest absolute Gasteiger partial charge is 0.316 e. The quantitative estimate of drug-likeness (QED) is 0.802. The number of amides is 1. The molecule has 5 nitrogen and oxygen atoms in total. The fourth-order valence-corrected chi connectivity index (χ4v) is 2.21. The van der Waals surface area contributed by atoms with Crippen molar-refractivity contribution in [3.8, 4) is 0 Å². The number of nitrogens with one attached hydrogen (secondary N) is 2. The second-order valence-electron chi connectivity index (χ2n) is 3.75. The van der Waals surface area contributed by atoms with Crippen LogP contribution in [-0.2, 0) is 4.79 Å². The van der Waals surface area contributed by atoms with Gasteiger partial charge in [0, 0.05) is 18.0 Å². The first-order valence-electron chi connectivity index (χ1n) is 5.12. The fraction of sp³-hybridized carbons (Fsp3) is 0.667. The molecule has 1 aliphatic heterocycles. The van der Waals surface area contributed by atoms with Gasteiger partial charge in [-0.05, 0) is 31.8 Å². The second-order valence-corrected chi connectivity index (χ2v) is 4.53. The molecule has 0 aliphatic carbocycles. The Kier molecular flexibility index (Phi) is 3.63. The van der Waals surface area contributed by atoms with Gasteiger partial charge in [-0.15, -0.1) is 5.10 Å². The fourth-order valence-electron chi connectivity index (χ4n) is 1.77. The van der Waals surface area contributed by atoms with Gasteiger partial charge in [0.2, 0.25) is 5.91 Å². The van der Waals surface area contributed by atoms with Gasteiger partial charge in [-0.25, -0.2) is 0 Å². The van der Waals surface area contributed by atoms with Crippen molar-refractivity contribution in [1.29, 1.82) is 0 Å². The first kappa shape index (κ1) is 10.5. The van der Waals surface area contributed by atoms with Gasteiger partial charge in [0.1, 0.15) is 5.00 Å². The Morgan fingerprint density at radius 3 is 3.33 bits per heavy atom. The summed E-state index contributed by atoms with van der Waals surface area (Å²) in [5.41, 5.74) is 0. The van der Waals surface area contributed by atoms with E-state index >= 15 is 0 Å². The topological polar surface area (TPSA) is 66.9 Å². The molecule has 1 fully saturated rings. The van der Waals surface area contributed by atoms with Gasteiger partial charge in [-0.1, -0.05) is 4.49 Å². The third-order valence-electron chi connectivity index (χ3n) is 2.50. The molecule has 15 heavy (non-hydrogen) atoms. The molecule has 1 aromatic rings. The summed E-state index contributed by atoms with van der Waals surface area (Å²) in [6.45, 7) is 2.03. The average molecular weight is 226 g/mol. The Morgan fingerprint density at radius 1 is 1.73 bits per heavy atom. The van der Waals surface area contributed by atoms with Crippen LogP contribution in [-0.4, -0.2) is 28.6 Å². The van der Waals surface area contributed by atoms with Crippen LogP contribution in [0.2, 0.25) is 0 Å². The maximum atomic E-state index is 11.6. The molecule has 0 aromatic carbocycles. The van der Waals surface area contributed by atoms with E-state index < -0.39 is 0 Å². The van der Waals surface area contributed by atoms with E-state index in [-0.39, 0.29) is 5.91 Å². The molecule has 2 rings (SSSR count). The minimum Gasteiger partial charge on any atom is -0.316 e. The van der Waals surface area contributed by atoms with Crippen LogP contribution in [0.5, 0.6) is 0 Å². The number of aromatic nitrogens is 2. The predicted octanol–water partition coefficient (Wildman–Crippen LogP) is 0.866. The number of carbonyl (C=O) groups is 1. The van der Waals surface area contributed by atoms with E-state index in [0.717, 1.165) is 24.5 Å². The number of rotatable bonds is 3. The number of piperidine rings is 1. The van der Waals surface area contributed by atoms with Gasteiger partial charge in [0.05, 0.1) is 6.20 Å². The zero-order valence-corrected chi connectivity index (χ0v) is 9.22. The highest BCUT2D eigenvalue weighted by Crippen LogP contribution is 2.16. The van der Waals surface area contributed by atoms with E-state index in [2.05, 4.69) is 20.2 Å². The zero-order valence-electron chi connectivity index (χ0n) is 8.40. The Bertz CT molecular complexity index is 308. The molecule has 2 heterocycles. The SMILES string of the molecule is O=C(CC1CCCNC1)Nc1cnns1. The highest BCUT2D eigenvalue weighted by Gasteiger charge is 2.16.